The number of halogens is 3. The molecule has 2 aromatic carbocycles. The molecule has 1 aromatic heterocycles. The van der Waals surface area contributed by atoms with Crippen molar-refractivity contribution in [3.05, 3.63) is 64.1 Å². The number of nitriles is 1. The lowest BCUT2D eigenvalue weighted by molar-refractivity contribution is -0.142. The lowest BCUT2D eigenvalue weighted by Crippen LogP contribution is -2.42. The predicted molar refractivity (Wildman–Crippen MR) is 164 cm³/mol. The van der Waals surface area contributed by atoms with Gasteiger partial charge in [0.15, 0.2) is 5.69 Å². The number of ether oxygens (including phenoxy) is 4. The maximum Gasteiger partial charge on any atom is 0.411 e. The molecule has 3 atom stereocenters. The van der Waals surface area contributed by atoms with Gasteiger partial charge in [-0.25, -0.2) is 14.6 Å². The standard InChI is InChI=1S/C32H32ClF2N5O7/c1-44-27(41)14-17-7-9-19-22(13-17)37-21(30(42)45-2)5-3-4-6-24(29-38-23(16-36)28(19)39-29)40-12-11-26(47-32(40)43)20-15-18(33)8-10-25(20)46-31(34)35/h7-10,13,15,21,24,26,31,37H,3-6,11-12,14H2,1-2H3,(H,38,39)/t21-,24+,26?/m1/s1. The van der Waals surface area contributed by atoms with Gasteiger partial charge in [0.05, 0.1) is 32.4 Å². The molecule has 3 heterocycles. The number of alkyl halides is 2. The molecule has 0 radical (unpaired) electrons. The van der Waals surface area contributed by atoms with Crippen molar-refractivity contribution < 1.29 is 42.1 Å². The molecule has 1 saturated heterocycles. The van der Waals surface area contributed by atoms with E-state index in [0.717, 1.165) is 0 Å². The van der Waals surface area contributed by atoms with Crippen molar-refractivity contribution in [3.8, 4) is 23.1 Å². The Morgan fingerprint density at radius 3 is 2.64 bits per heavy atom. The van der Waals surface area contributed by atoms with E-state index in [4.69, 9.17) is 25.8 Å². The van der Waals surface area contributed by atoms with Gasteiger partial charge in [0.25, 0.3) is 0 Å². The minimum Gasteiger partial charge on any atom is -0.469 e. The molecule has 2 aliphatic heterocycles. The number of aromatic nitrogens is 2. The van der Waals surface area contributed by atoms with Gasteiger partial charge in [0, 0.05) is 34.8 Å². The molecular weight excluding hydrogens is 640 g/mol. The number of imidazole rings is 1. The number of H-pyrrole nitrogens is 1. The Hall–Kier alpha value is -4.90. The molecule has 2 bridgehead atoms. The first-order chi connectivity index (χ1) is 22.6. The number of aromatic amines is 1. The van der Waals surface area contributed by atoms with Crippen LogP contribution in [-0.2, 0) is 30.2 Å². The predicted octanol–water partition coefficient (Wildman–Crippen LogP) is 6.07. The third-order valence-corrected chi connectivity index (χ3v) is 8.36. The van der Waals surface area contributed by atoms with Crippen LogP contribution in [0.25, 0.3) is 11.3 Å². The number of methoxy groups -OCH3 is 2. The van der Waals surface area contributed by atoms with E-state index in [1.807, 2.05) is 0 Å². The van der Waals surface area contributed by atoms with E-state index in [1.165, 1.54) is 37.3 Å². The number of benzene rings is 2. The van der Waals surface area contributed by atoms with Crippen LogP contribution in [0.2, 0.25) is 5.02 Å². The van der Waals surface area contributed by atoms with E-state index in [1.54, 1.807) is 18.2 Å². The van der Waals surface area contributed by atoms with Gasteiger partial charge in [0.2, 0.25) is 0 Å². The fourth-order valence-electron chi connectivity index (χ4n) is 5.88. The molecule has 12 nitrogen and oxygen atoms in total. The Kier molecular flexibility index (Phi) is 10.5. The summed E-state index contributed by atoms with van der Waals surface area (Å²) in [5.74, 6) is -0.726. The van der Waals surface area contributed by atoms with Crippen molar-refractivity contribution in [2.75, 3.05) is 26.1 Å². The Balaban J connectivity index is 1.50. The highest BCUT2D eigenvalue weighted by Gasteiger charge is 2.37. The van der Waals surface area contributed by atoms with Crippen LogP contribution in [-0.4, -0.2) is 66.3 Å². The maximum absolute atomic E-state index is 13.5. The summed E-state index contributed by atoms with van der Waals surface area (Å²) in [6.07, 6.45) is 0.533. The summed E-state index contributed by atoms with van der Waals surface area (Å²) in [5.41, 5.74) is 2.21. The number of carbonyl (C=O) groups is 3. The van der Waals surface area contributed by atoms with Crippen LogP contribution in [0.1, 0.15) is 66.9 Å². The molecule has 1 amide bonds. The van der Waals surface area contributed by atoms with Crippen LogP contribution in [0, 0.1) is 11.3 Å². The lowest BCUT2D eigenvalue weighted by Gasteiger charge is -2.37. The minimum absolute atomic E-state index is 0.0151. The fourth-order valence-corrected chi connectivity index (χ4v) is 6.06. The van der Waals surface area contributed by atoms with Crippen molar-refractivity contribution in [3.63, 3.8) is 0 Å². The summed E-state index contributed by atoms with van der Waals surface area (Å²) in [7, 11) is 2.58. The van der Waals surface area contributed by atoms with E-state index < -0.39 is 42.8 Å². The number of esters is 2. The number of hydrogen-bond donors (Lipinski definition) is 2. The molecule has 248 valence electrons. The maximum atomic E-state index is 13.5. The Labute approximate surface area is 273 Å². The van der Waals surface area contributed by atoms with E-state index in [9.17, 15) is 28.4 Å². The number of anilines is 1. The third kappa shape index (κ3) is 7.57. The Morgan fingerprint density at radius 1 is 1.15 bits per heavy atom. The lowest BCUT2D eigenvalue weighted by atomic mass is 9.99. The van der Waals surface area contributed by atoms with E-state index in [2.05, 4.69) is 26.1 Å². The molecular formula is C32H32ClF2N5O7. The van der Waals surface area contributed by atoms with Gasteiger partial charge in [-0.3, -0.25) is 9.69 Å². The average Bonchev–Trinajstić information content (AvgIpc) is 3.48. The number of hydrogen-bond acceptors (Lipinski definition) is 10. The Morgan fingerprint density at radius 2 is 1.94 bits per heavy atom. The highest BCUT2D eigenvalue weighted by Crippen LogP contribution is 2.40. The smallest absolute Gasteiger partial charge is 0.411 e. The monoisotopic (exact) mass is 671 g/mol. The summed E-state index contributed by atoms with van der Waals surface area (Å²) >= 11 is 6.13. The average molecular weight is 672 g/mol. The summed E-state index contributed by atoms with van der Waals surface area (Å²) in [6, 6.07) is 9.97. The zero-order valence-corrected chi connectivity index (χ0v) is 26.3. The van der Waals surface area contributed by atoms with Crippen LogP contribution < -0.4 is 10.1 Å². The van der Waals surface area contributed by atoms with Crippen molar-refractivity contribution in [1.82, 2.24) is 14.9 Å². The van der Waals surface area contributed by atoms with Crippen molar-refractivity contribution in [2.45, 2.75) is 63.3 Å². The second kappa shape index (κ2) is 14.7. The highest BCUT2D eigenvalue weighted by atomic mass is 35.5. The normalized spacial score (nSPS) is 19.6. The summed E-state index contributed by atoms with van der Waals surface area (Å²) in [6.45, 7) is -2.91. The molecule has 5 rings (SSSR count). The molecule has 3 aromatic rings. The van der Waals surface area contributed by atoms with Crippen LogP contribution in [0.15, 0.2) is 36.4 Å². The van der Waals surface area contributed by atoms with E-state index >= 15 is 0 Å². The largest absolute Gasteiger partial charge is 0.469 e. The first-order valence-corrected chi connectivity index (χ1v) is 15.3. The van der Waals surface area contributed by atoms with Crippen molar-refractivity contribution >= 4 is 35.3 Å². The Bertz CT molecular complexity index is 1690. The summed E-state index contributed by atoms with van der Waals surface area (Å²) in [4.78, 5) is 47.6. The molecule has 15 heteroatoms. The quantitative estimate of drug-likeness (QED) is 0.223. The van der Waals surface area contributed by atoms with Crippen molar-refractivity contribution in [1.29, 1.82) is 5.26 Å². The molecule has 47 heavy (non-hydrogen) atoms. The number of rotatable bonds is 7. The van der Waals surface area contributed by atoms with Gasteiger partial charge in [0.1, 0.15) is 29.8 Å². The molecule has 0 spiro atoms. The van der Waals surface area contributed by atoms with Gasteiger partial charge in [-0.1, -0.05) is 36.6 Å². The molecule has 0 saturated carbocycles. The number of amides is 1. The molecule has 0 aliphatic carbocycles. The second-order valence-corrected chi connectivity index (χ2v) is 11.5. The minimum atomic E-state index is -3.08. The van der Waals surface area contributed by atoms with Crippen LogP contribution >= 0.6 is 11.6 Å². The van der Waals surface area contributed by atoms with Crippen LogP contribution in [0.4, 0.5) is 19.3 Å². The first-order valence-electron chi connectivity index (χ1n) is 14.9. The molecule has 1 unspecified atom stereocenters. The van der Waals surface area contributed by atoms with Gasteiger partial charge < -0.3 is 29.2 Å². The van der Waals surface area contributed by atoms with Gasteiger partial charge in [-0.2, -0.15) is 14.0 Å². The molecule has 2 aliphatic rings. The number of fused-ring (bicyclic) bond motifs is 4. The molecule has 1 fully saturated rings. The second-order valence-electron chi connectivity index (χ2n) is 11.0. The topological polar surface area (TPSA) is 156 Å². The zero-order valence-electron chi connectivity index (χ0n) is 25.6. The van der Waals surface area contributed by atoms with E-state index in [0.29, 0.717) is 54.0 Å². The van der Waals surface area contributed by atoms with Crippen LogP contribution in [0.5, 0.6) is 5.75 Å². The van der Waals surface area contributed by atoms with Gasteiger partial charge in [-0.15, -0.1) is 0 Å². The van der Waals surface area contributed by atoms with Gasteiger partial charge in [-0.05, 0) is 42.7 Å². The van der Waals surface area contributed by atoms with Crippen molar-refractivity contribution in [2.24, 2.45) is 0 Å². The first kappa shape index (κ1) is 33.5. The molecule has 2 N–H and O–H groups in total. The summed E-state index contributed by atoms with van der Waals surface area (Å²) < 4.78 is 46.4. The SMILES string of the molecule is COC(=O)Cc1ccc2c(c1)N[C@@H](C(=O)OC)CCCC[C@H](N1CCC(c3cc(Cl)ccc3OC(F)F)OC1=O)c1nc(C#N)c-2[nH]1. The highest BCUT2D eigenvalue weighted by molar-refractivity contribution is 6.30. The van der Waals surface area contributed by atoms with E-state index in [-0.39, 0.29) is 41.4 Å². The number of nitrogens with zero attached hydrogens (tertiary/aromatic N) is 3. The number of nitrogens with one attached hydrogen (secondary N) is 2. The summed E-state index contributed by atoms with van der Waals surface area (Å²) in [5, 5.41) is 13.6. The number of cyclic esters (lactones) is 1. The third-order valence-electron chi connectivity index (χ3n) is 8.13. The zero-order chi connectivity index (χ0) is 33.7. The van der Waals surface area contributed by atoms with Crippen LogP contribution in [0.3, 0.4) is 0 Å². The fraction of sp³-hybridized carbons (Fsp3) is 0.406. The van der Waals surface area contributed by atoms with Gasteiger partial charge >= 0.3 is 24.6 Å². The number of carbonyl (C=O) groups excluding carboxylic acids is 3.